The van der Waals surface area contributed by atoms with Crippen molar-refractivity contribution >= 4 is 0 Å². The average molecular weight is 381 g/mol. The Balaban J connectivity index is 3.68. The first-order valence-electron chi connectivity index (χ1n) is 12.9. The lowest BCUT2D eigenvalue weighted by atomic mass is 9.94. The maximum atomic E-state index is 3.76. The predicted molar refractivity (Wildman–Crippen MR) is 125 cm³/mol. The molecule has 0 bridgehead atoms. The van der Waals surface area contributed by atoms with E-state index in [0.29, 0.717) is 0 Å². The maximum absolute atomic E-state index is 3.76. The number of unbranched alkanes of at least 4 members (excludes halogenated alkanes) is 15. The van der Waals surface area contributed by atoms with Gasteiger partial charge in [0, 0.05) is 6.54 Å². The third-order valence-corrected chi connectivity index (χ3v) is 5.85. The van der Waals surface area contributed by atoms with E-state index >= 15 is 0 Å². The third-order valence-electron chi connectivity index (χ3n) is 5.85. The van der Waals surface area contributed by atoms with Gasteiger partial charge in [-0.05, 0) is 31.7 Å². The Bertz CT molecular complexity index is 237. The van der Waals surface area contributed by atoms with Gasteiger partial charge in [-0.15, -0.1) is 0 Å². The molecule has 0 fully saturated rings. The number of hydrogen-bond donors (Lipinski definition) is 1. The first kappa shape index (κ1) is 27.0. The molecular weight excluding hydrogens is 326 g/mol. The number of rotatable bonds is 23. The molecule has 0 atom stereocenters. The van der Waals surface area contributed by atoms with Crippen LogP contribution in [0.5, 0.6) is 0 Å². The molecule has 0 spiro atoms. The Morgan fingerprint density at radius 2 is 0.815 bits per heavy atom. The highest BCUT2D eigenvalue weighted by molar-refractivity contribution is 4.91. The predicted octanol–water partition coefficient (Wildman–Crippen LogP) is 9.01. The van der Waals surface area contributed by atoms with Crippen molar-refractivity contribution in [3.63, 3.8) is 0 Å². The van der Waals surface area contributed by atoms with Gasteiger partial charge in [0.15, 0.2) is 0 Å². The summed E-state index contributed by atoms with van der Waals surface area (Å²) in [7, 11) is 0. The summed E-state index contributed by atoms with van der Waals surface area (Å²) in [6, 6.07) is 0. The minimum absolute atomic E-state index is 1.19. The van der Waals surface area contributed by atoms with Crippen molar-refractivity contribution in [2.45, 2.75) is 149 Å². The first-order chi connectivity index (χ1) is 13.3. The second-order valence-corrected chi connectivity index (χ2v) is 8.73. The topological polar surface area (TPSA) is 12.0 Å². The van der Waals surface area contributed by atoms with Gasteiger partial charge in [0.1, 0.15) is 0 Å². The van der Waals surface area contributed by atoms with Crippen LogP contribution in [0.2, 0.25) is 0 Å². The summed E-state index contributed by atoms with van der Waals surface area (Å²) in [6.07, 6.45) is 28.3. The van der Waals surface area contributed by atoms with Crippen molar-refractivity contribution in [2.24, 2.45) is 0 Å². The van der Waals surface area contributed by atoms with Crippen molar-refractivity contribution in [2.75, 3.05) is 13.1 Å². The molecule has 0 aromatic rings. The highest BCUT2D eigenvalue weighted by Gasteiger charge is 2.09. The molecule has 27 heavy (non-hydrogen) atoms. The van der Waals surface area contributed by atoms with Crippen LogP contribution in [0.3, 0.4) is 0 Å². The highest BCUT2D eigenvalue weighted by Crippen LogP contribution is 2.20. The number of hydrogen-bond acceptors (Lipinski definition) is 1. The van der Waals surface area contributed by atoms with Crippen LogP contribution < -0.4 is 5.32 Å². The molecule has 0 unspecified atom stereocenters. The molecule has 0 aromatic carbocycles. The van der Waals surface area contributed by atoms with Crippen molar-refractivity contribution in [3.8, 4) is 0 Å². The molecule has 0 aliphatic heterocycles. The van der Waals surface area contributed by atoms with Crippen LogP contribution in [-0.4, -0.2) is 13.1 Å². The van der Waals surface area contributed by atoms with E-state index in [0.717, 1.165) is 0 Å². The third kappa shape index (κ3) is 22.1. The van der Waals surface area contributed by atoms with Gasteiger partial charge in [-0.1, -0.05) is 130 Å². The molecule has 0 aromatic heterocycles. The molecule has 1 nitrogen and oxygen atoms in total. The van der Waals surface area contributed by atoms with Gasteiger partial charge in [0.2, 0.25) is 0 Å². The molecule has 0 saturated carbocycles. The Kier molecular flexibility index (Phi) is 24.0. The van der Waals surface area contributed by atoms with Gasteiger partial charge in [0.05, 0.1) is 0 Å². The smallest absolute Gasteiger partial charge is 0.00136 e. The fourth-order valence-electron chi connectivity index (χ4n) is 3.91. The Hall–Kier alpha value is -0.0400. The van der Waals surface area contributed by atoms with E-state index < -0.39 is 0 Å². The minimum Gasteiger partial charge on any atom is -0.316 e. The van der Waals surface area contributed by atoms with Crippen LogP contribution in [0.25, 0.3) is 0 Å². The van der Waals surface area contributed by atoms with E-state index in [-0.39, 0.29) is 0 Å². The minimum atomic E-state index is 1.19. The molecule has 0 aliphatic rings. The molecular formula is C26H54N. The lowest BCUT2D eigenvalue weighted by Crippen LogP contribution is -2.22. The molecule has 0 aliphatic carbocycles. The van der Waals surface area contributed by atoms with E-state index in [1.54, 1.807) is 0 Å². The standard InChI is InChI=1S/C26H54N/c1-4-7-10-13-14-15-18-21-24-27-25-26(22-19-16-11-8-5-2)23-20-17-12-9-6-3/h27H,4-25H2,1-3H3. The van der Waals surface area contributed by atoms with Crippen molar-refractivity contribution in [1.29, 1.82) is 0 Å². The first-order valence-corrected chi connectivity index (χ1v) is 12.9. The normalized spacial score (nSPS) is 11.6. The monoisotopic (exact) mass is 380 g/mol. The quantitative estimate of drug-likeness (QED) is 0.174. The lowest BCUT2D eigenvalue weighted by Gasteiger charge is -2.17. The van der Waals surface area contributed by atoms with Gasteiger partial charge in [-0.3, -0.25) is 0 Å². The van der Waals surface area contributed by atoms with Crippen molar-refractivity contribution in [3.05, 3.63) is 5.92 Å². The van der Waals surface area contributed by atoms with Gasteiger partial charge in [0.25, 0.3) is 0 Å². The molecule has 0 saturated heterocycles. The van der Waals surface area contributed by atoms with E-state index in [1.807, 2.05) is 5.92 Å². The second-order valence-electron chi connectivity index (χ2n) is 8.73. The molecule has 0 amide bonds. The molecule has 0 heterocycles. The zero-order chi connectivity index (χ0) is 19.8. The Morgan fingerprint density at radius 3 is 1.26 bits per heavy atom. The van der Waals surface area contributed by atoms with Crippen LogP contribution in [-0.2, 0) is 0 Å². The Labute approximate surface area is 173 Å². The lowest BCUT2D eigenvalue weighted by molar-refractivity contribution is 0.518. The summed E-state index contributed by atoms with van der Waals surface area (Å²) in [4.78, 5) is 0. The van der Waals surface area contributed by atoms with Crippen molar-refractivity contribution in [1.82, 2.24) is 5.32 Å². The summed E-state index contributed by atoms with van der Waals surface area (Å²) in [6.45, 7) is 9.33. The Morgan fingerprint density at radius 1 is 0.444 bits per heavy atom. The van der Waals surface area contributed by atoms with Crippen LogP contribution in [0.1, 0.15) is 149 Å². The van der Waals surface area contributed by atoms with E-state index in [2.05, 4.69) is 26.1 Å². The average Bonchev–Trinajstić information content (AvgIpc) is 2.68. The fraction of sp³-hybridized carbons (Fsp3) is 0.962. The highest BCUT2D eigenvalue weighted by atomic mass is 14.8. The fourth-order valence-corrected chi connectivity index (χ4v) is 3.91. The van der Waals surface area contributed by atoms with Crippen molar-refractivity contribution < 1.29 is 0 Å². The summed E-state index contributed by atoms with van der Waals surface area (Å²) < 4.78 is 0. The summed E-state index contributed by atoms with van der Waals surface area (Å²) in [5.41, 5.74) is 0. The maximum Gasteiger partial charge on any atom is 0.00136 e. The summed E-state index contributed by atoms with van der Waals surface area (Å²) in [5, 5.41) is 3.76. The largest absolute Gasteiger partial charge is 0.316 e. The van der Waals surface area contributed by atoms with Gasteiger partial charge in [-0.25, -0.2) is 0 Å². The van der Waals surface area contributed by atoms with E-state index in [1.165, 1.54) is 142 Å². The second kappa shape index (κ2) is 24.0. The zero-order valence-electron chi connectivity index (χ0n) is 19.6. The molecule has 1 radical (unpaired) electrons. The summed E-state index contributed by atoms with van der Waals surface area (Å²) >= 11 is 0. The molecule has 1 heteroatoms. The SMILES string of the molecule is CCCCCCCCCCNC[C](CCCCCCC)CCCCCCC. The van der Waals surface area contributed by atoms with Crippen LogP contribution in [0, 0.1) is 5.92 Å². The van der Waals surface area contributed by atoms with Gasteiger partial charge >= 0.3 is 0 Å². The molecule has 0 rings (SSSR count). The van der Waals surface area contributed by atoms with Gasteiger partial charge in [-0.2, -0.15) is 0 Å². The van der Waals surface area contributed by atoms with E-state index in [9.17, 15) is 0 Å². The molecule has 1 N–H and O–H groups in total. The summed E-state index contributed by atoms with van der Waals surface area (Å²) in [5.74, 6) is 1.81. The van der Waals surface area contributed by atoms with Crippen LogP contribution in [0.4, 0.5) is 0 Å². The van der Waals surface area contributed by atoms with Gasteiger partial charge < -0.3 is 5.32 Å². The molecule has 163 valence electrons. The van der Waals surface area contributed by atoms with Crippen LogP contribution >= 0.6 is 0 Å². The number of nitrogens with one attached hydrogen (secondary N) is 1. The zero-order valence-corrected chi connectivity index (χ0v) is 19.6. The van der Waals surface area contributed by atoms with Crippen LogP contribution in [0.15, 0.2) is 0 Å². The van der Waals surface area contributed by atoms with E-state index in [4.69, 9.17) is 0 Å².